The van der Waals surface area contributed by atoms with E-state index in [4.69, 9.17) is 10.5 Å². The van der Waals surface area contributed by atoms with Crippen molar-refractivity contribution in [3.8, 4) is 5.75 Å². The van der Waals surface area contributed by atoms with E-state index in [1.54, 1.807) is 4.90 Å². The molecule has 2 amide bonds. The van der Waals surface area contributed by atoms with E-state index in [1.807, 2.05) is 46.8 Å². The van der Waals surface area contributed by atoms with Crippen molar-refractivity contribution in [2.45, 2.75) is 71.1 Å². The zero-order valence-electron chi connectivity index (χ0n) is 18.5. The van der Waals surface area contributed by atoms with Crippen molar-refractivity contribution < 1.29 is 14.3 Å². The number of nitrogens with zero attached hydrogens (tertiary/aromatic N) is 2. The van der Waals surface area contributed by atoms with Gasteiger partial charge in [0.1, 0.15) is 11.4 Å². The summed E-state index contributed by atoms with van der Waals surface area (Å²) in [6, 6.07) is 6.02. The lowest BCUT2D eigenvalue weighted by molar-refractivity contribution is -0.130. The molecule has 2 heterocycles. The third-order valence-electron chi connectivity index (χ3n) is 6.19. The molecule has 0 radical (unpaired) electrons. The Balaban J connectivity index is 1.42. The number of benzene rings is 1. The van der Waals surface area contributed by atoms with E-state index in [9.17, 15) is 9.59 Å². The van der Waals surface area contributed by atoms with Gasteiger partial charge in [-0.2, -0.15) is 0 Å². The van der Waals surface area contributed by atoms with Crippen LogP contribution in [0.3, 0.4) is 0 Å². The van der Waals surface area contributed by atoms with Crippen molar-refractivity contribution in [1.29, 1.82) is 0 Å². The Morgan fingerprint density at radius 1 is 1.33 bits per heavy atom. The van der Waals surface area contributed by atoms with Crippen LogP contribution in [0.1, 0.15) is 64.1 Å². The molecule has 1 aromatic rings. The summed E-state index contributed by atoms with van der Waals surface area (Å²) in [7, 11) is 0. The molecule has 0 spiro atoms. The number of amides is 2. The van der Waals surface area contributed by atoms with E-state index >= 15 is 0 Å². The highest BCUT2D eigenvalue weighted by Gasteiger charge is 2.47. The van der Waals surface area contributed by atoms with Gasteiger partial charge in [-0.1, -0.05) is 17.7 Å². The van der Waals surface area contributed by atoms with Gasteiger partial charge >= 0.3 is 0 Å². The zero-order chi connectivity index (χ0) is 21.8. The van der Waals surface area contributed by atoms with E-state index < -0.39 is 5.54 Å². The fourth-order valence-corrected chi connectivity index (χ4v) is 4.59. The third kappa shape index (κ3) is 4.16. The van der Waals surface area contributed by atoms with E-state index in [0.29, 0.717) is 19.4 Å². The van der Waals surface area contributed by atoms with Gasteiger partial charge < -0.3 is 15.8 Å². The lowest BCUT2D eigenvalue weighted by atomic mass is 9.89. The van der Waals surface area contributed by atoms with Crippen LogP contribution in [0.4, 0.5) is 0 Å². The smallest absolute Gasteiger partial charge is 0.231 e. The second kappa shape index (κ2) is 7.00. The maximum absolute atomic E-state index is 13.0. The number of ether oxygens (including phenoxy) is 1. The van der Waals surface area contributed by atoms with Crippen LogP contribution in [0.5, 0.6) is 5.75 Å². The van der Waals surface area contributed by atoms with Gasteiger partial charge in [0, 0.05) is 24.4 Å². The summed E-state index contributed by atoms with van der Waals surface area (Å²) >= 11 is 0. The number of hydrogen-bond donors (Lipinski definition) is 2. The van der Waals surface area contributed by atoms with Crippen molar-refractivity contribution in [1.82, 2.24) is 10.2 Å². The summed E-state index contributed by atoms with van der Waals surface area (Å²) < 4.78 is 6.10. The van der Waals surface area contributed by atoms with Gasteiger partial charge in [-0.05, 0) is 53.0 Å². The van der Waals surface area contributed by atoms with Crippen LogP contribution in [-0.4, -0.2) is 40.4 Å². The van der Waals surface area contributed by atoms with Crippen molar-refractivity contribution in [3.63, 3.8) is 0 Å². The van der Waals surface area contributed by atoms with Crippen LogP contribution in [0.2, 0.25) is 0 Å². The van der Waals surface area contributed by atoms with Gasteiger partial charge in [-0.3, -0.25) is 14.5 Å². The number of rotatable bonds is 4. The molecule has 4 rings (SSSR count). The number of carbonyl (C=O) groups excluding carboxylic acids is 2. The molecule has 162 valence electrons. The molecule has 0 aromatic heterocycles. The molecular formula is C23H32N4O3. The standard InChI is InChI=1S/C23H32N4O3/c1-13-6-7-18-16(8-13)17(10-23(4,5)30-18)25-20(29)15-9-14(15)12-27-19(28)11-22(2,3)26-21(27)24/h6-8,14-15,17H,9-12H2,1-5H3,(H2,24,26)(H,25,29)/t14-,15?,17+/m1/s1. The number of nitrogens with two attached hydrogens (primary N) is 1. The number of hydrogen-bond acceptors (Lipinski definition) is 5. The molecule has 3 atom stereocenters. The van der Waals surface area contributed by atoms with Crippen molar-refractivity contribution >= 4 is 17.8 Å². The topological polar surface area (TPSA) is 97.0 Å². The molecule has 1 aliphatic carbocycles. The number of aryl methyl sites for hydroxylation is 1. The summed E-state index contributed by atoms with van der Waals surface area (Å²) in [4.78, 5) is 31.4. The number of aliphatic imine (C=N–C) groups is 1. The zero-order valence-corrected chi connectivity index (χ0v) is 18.5. The normalized spacial score (nSPS) is 28.8. The van der Waals surface area contributed by atoms with E-state index in [2.05, 4.69) is 16.4 Å². The Labute approximate surface area is 178 Å². The van der Waals surface area contributed by atoms with Crippen molar-refractivity contribution in [2.24, 2.45) is 22.6 Å². The Morgan fingerprint density at radius 2 is 2.07 bits per heavy atom. The summed E-state index contributed by atoms with van der Waals surface area (Å²) in [5, 5.41) is 3.24. The Kier molecular flexibility index (Phi) is 4.83. The molecule has 7 nitrogen and oxygen atoms in total. The number of nitrogens with one attached hydrogen (secondary N) is 1. The maximum Gasteiger partial charge on any atom is 0.231 e. The van der Waals surface area contributed by atoms with E-state index in [-0.39, 0.29) is 41.3 Å². The van der Waals surface area contributed by atoms with Crippen LogP contribution >= 0.6 is 0 Å². The highest BCUT2D eigenvalue weighted by atomic mass is 16.5. The summed E-state index contributed by atoms with van der Waals surface area (Å²) in [6.45, 7) is 10.4. The highest BCUT2D eigenvalue weighted by Crippen LogP contribution is 2.43. The van der Waals surface area contributed by atoms with Gasteiger partial charge in [0.2, 0.25) is 11.8 Å². The van der Waals surface area contributed by atoms with Gasteiger partial charge in [-0.15, -0.1) is 0 Å². The minimum atomic E-state index is -0.459. The minimum Gasteiger partial charge on any atom is -0.487 e. The molecule has 30 heavy (non-hydrogen) atoms. The lowest BCUT2D eigenvalue weighted by Crippen LogP contribution is -2.50. The first-order valence-electron chi connectivity index (χ1n) is 10.7. The highest BCUT2D eigenvalue weighted by molar-refractivity contribution is 5.99. The monoisotopic (exact) mass is 412 g/mol. The Hall–Kier alpha value is -2.57. The SMILES string of the molecule is Cc1ccc2c(c1)[C@@H](NC(=O)C1C[C@@H]1CN1C(=O)CC(C)(C)N=C1N)CC(C)(C)O2. The van der Waals surface area contributed by atoms with Gasteiger partial charge in [-0.25, -0.2) is 4.99 Å². The molecule has 1 aromatic carbocycles. The van der Waals surface area contributed by atoms with Gasteiger partial charge in [0.05, 0.1) is 18.0 Å². The fraction of sp³-hybridized carbons (Fsp3) is 0.609. The Bertz CT molecular complexity index is 921. The average molecular weight is 413 g/mol. The van der Waals surface area contributed by atoms with Crippen molar-refractivity contribution in [3.05, 3.63) is 29.3 Å². The molecule has 0 saturated heterocycles. The molecule has 7 heteroatoms. The lowest BCUT2D eigenvalue weighted by Gasteiger charge is -2.38. The second-order valence-electron chi connectivity index (χ2n) is 10.2. The molecule has 1 unspecified atom stereocenters. The van der Waals surface area contributed by atoms with Crippen LogP contribution in [-0.2, 0) is 9.59 Å². The molecule has 3 N–H and O–H groups in total. The fourth-order valence-electron chi connectivity index (χ4n) is 4.59. The molecule has 2 aliphatic heterocycles. The van der Waals surface area contributed by atoms with Crippen LogP contribution in [0.15, 0.2) is 23.2 Å². The molecule has 1 saturated carbocycles. The minimum absolute atomic E-state index is 0.0193. The largest absolute Gasteiger partial charge is 0.487 e. The van der Waals surface area contributed by atoms with E-state index in [1.165, 1.54) is 0 Å². The molecular weight excluding hydrogens is 380 g/mol. The second-order valence-corrected chi connectivity index (χ2v) is 10.2. The Morgan fingerprint density at radius 3 is 2.77 bits per heavy atom. The van der Waals surface area contributed by atoms with Crippen molar-refractivity contribution in [2.75, 3.05) is 6.54 Å². The molecule has 0 bridgehead atoms. The van der Waals surface area contributed by atoms with Crippen LogP contribution in [0, 0.1) is 18.8 Å². The van der Waals surface area contributed by atoms with E-state index in [0.717, 1.165) is 23.3 Å². The predicted octanol–water partition coefficient (Wildman–Crippen LogP) is 2.68. The maximum atomic E-state index is 13.0. The molecule has 1 fully saturated rings. The first kappa shape index (κ1) is 20.7. The van der Waals surface area contributed by atoms with Crippen LogP contribution < -0.4 is 15.8 Å². The number of carbonyl (C=O) groups is 2. The average Bonchev–Trinajstić information content (AvgIpc) is 3.37. The molecule has 3 aliphatic rings. The van der Waals surface area contributed by atoms with Crippen LogP contribution in [0.25, 0.3) is 0 Å². The van der Waals surface area contributed by atoms with Gasteiger partial charge in [0.15, 0.2) is 5.96 Å². The summed E-state index contributed by atoms with van der Waals surface area (Å²) in [5.41, 5.74) is 7.40. The van der Waals surface area contributed by atoms with Gasteiger partial charge in [0.25, 0.3) is 0 Å². The summed E-state index contributed by atoms with van der Waals surface area (Å²) in [6.07, 6.45) is 1.82. The third-order valence-corrected chi connectivity index (χ3v) is 6.19. The first-order valence-corrected chi connectivity index (χ1v) is 10.7. The predicted molar refractivity (Wildman–Crippen MR) is 115 cm³/mol. The number of guanidine groups is 1. The summed E-state index contributed by atoms with van der Waals surface area (Å²) in [5.74, 6) is 1.14. The number of fused-ring (bicyclic) bond motifs is 1. The quantitative estimate of drug-likeness (QED) is 0.794. The first-order chi connectivity index (χ1) is 13.9.